The molecule has 3 aromatic carbocycles. The molecule has 0 aliphatic carbocycles. The Labute approximate surface area is 195 Å². The molecule has 33 heavy (non-hydrogen) atoms. The lowest BCUT2D eigenvalue weighted by Crippen LogP contribution is -2.27. The summed E-state index contributed by atoms with van der Waals surface area (Å²) in [4.78, 5) is 22.3. The van der Waals surface area contributed by atoms with Gasteiger partial charge < -0.3 is 10.1 Å². The van der Waals surface area contributed by atoms with Crippen molar-refractivity contribution in [1.82, 2.24) is 4.72 Å². The molecule has 1 atom stereocenters. The largest absolute Gasteiger partial charge is 0.482 e. The lowest BCUT2D eigenvalue weighted by Gasteiger charge is -2.15. The Bertz CT molecular complexity index is 1270. The molecule has 0 aromatic heterocycles. The monoisotopic (exact) mass is 489 g/mol. The van der Waals surface area contributed by atoms with E-state index in [-0.39, 0.29) is 27.0 Å². The molecular formula is C22H20ClN3O6S. The number of halogens is 1. The first-order valence-electron chi connectivity index (χ1n) is 9.69. The van der Waals surface area contributed by atoms with Gasteiger partial charge in [-0.3, -0.25) is 14.9 Å². The first-order chi connectivity index (χ1) is 15.7. The Hall–Kier alpha value is -3.47. The molecule has 2 N–H and O–H groups in total. The number of nitrogens with one attached hydrogen (secondary N) is 2. The van der Waals surface area contributed by atoms with Crippen LogP contribution in [0.15, 0.2) is 77.7 Å². The second-order valence-electron chi connectivity index (χ2n) is 6.99. The van der Waals surface area contributed by atoms with Crippen molar-refractivity contribution in [2.24, 2.45) is 0 Å². The molecule has 0 unspecified atom stereocenters. The van der Waals surface area contributed by atoms with Crippen molar-refractivity contribution in [3.8, 4) is 5.75 Å². The van der Waals surface area contributed by atoms with E-state index in [1.807, 2.05) is 30.3 Å². The van der Waals surface area contributed by atoms with Crippen molar-refractivity contribution in [3.63, 3.8) is 0 Å². The standard InChI is InChI=1S/C22H20ClN3O6S/c1-15(16-6-3-2-4-7-16)25-33(30,31)19-10-11-21(20(23)13-19)32-14-22(27)24-17-8-5-9-18(12-17)26(28)29/h2-13,15,25H,14H2,1H3,(H,24,27)/t15-/m1/s1. The predicted octanol–water partition coefficient (Wildman–Crippen LogP) is 4.31. The van der Waals surface area contributed by atoms with E-state index in [1.165, 1.54) is 42.5 Å². The summed E-state index contributed by atoms with van der Waals surface area (Å²) in [7, 11) is -3.85. The molecular weight excluding hydrogens is 470 g/mol. The van der Waals surface area contributed by atoms with E-state index >= 15 is 0 Å². The van der Waals surface area contributed by atoms with Crippen LogP contribution in [0.5, 0.6) is 5.75 Å². The van der Waals surface area contributed by atoms with Gasteiger partial charge in [0.2, 0.25) is 10.0 Å². The molecule has 0 radical (unpaired) electrons. The van der Waals surface area contributed by atoms with Crippen LogP contribution in [0, 0.1) is 10.1 Å². The van der Waals surface area contributed by atoms with Crippen molar-refractivity contribution in [3.05, 3.63) is 93.5 Å². The van der Waals surface area contributed by atoms with Gasteiger partial charge in [-0.1, -0.05) is 48.0 Å². The summed E-state index contributed by atoms with van der Waals surface area (Å²) >= 11 is 6.16. The van der Waals surface area contributed by atoms with Gasteiger partial charge >= 0.3 is 0 Å². The average Bonchev–Trinajstić information content (AvgIpc) is 2.78. The van der Waals surface area contributed by atoms with Crippen LogP contribution in [0.4, 0.5) is 11.4 Å². The summed E-state index contributed by atoms with van der Waals surface area (Å²) in [5.74, 6) is -0.456. The molecule has 9 nitrogen and oxygen atoms in total. The van der Waals surface area contributed by atoms with Crippen LogP contribution < -0.4 is 14.8 Å². The number of anilines is 1. The molecule has 1 amide bonds. The zero-order chi connectivity index (χ0) is 24.0. The number of non-ortho nitro benzene ring substituents is 1. The first kappa shape index (κ1) is 24.2. The highest BCUT2D eigenvalue weighted by Gasteiger charge is 2.20. The summed E-state index contributed by atoms with van der Waals surface area (Å²) in [6.07, 6.45) is 0. The maximum Gasteiger partial charge on any atom is 0.271 e. The van der Waals surface area contributed by atoms with Gasteiger partial charge in [-0.15, -0.1) is 0 Å². The topological polar surface area (TPSA) is 128 Å². The van der Waals surface area contributed by atoms with E-state index in [0.717, 1.165) is 5.56 Å². The highest BCUT2D eigenvalue weighted by atomic mass is 35.5. The van der Waals surface area contributed by atoms with Gasteiger partial charge in [0.05, 0.1) is 14.8 Å². The van der Waals surface area contributed by atoms with Gasteiger partial charge in [0.15, 0.2) is 6.61 Å². The zero-order valence-corrected chi connectivity index (χ0v) is 19.0. The SMILES string of the molecule is C[C@@H](NS(=O)(=O)c1ccc(OCC(=O)Nc2cccc([N+](=O)[O-])c2)c(Cl)c1)c1ccccc1. The number of carbonyl (C=O) groups is 1. The lowest BCUT2D eigenvalue weighted by molar-refractivity contribution is -0.384. The number of nitrogens with zero attached hydrogens (tertiary/aromatic N) is 1. The van der Waals surface area contributed by atoms with Crippen molar-refractivity contribution in [2.75, 3.05) is 11.9 Å². The minimum absolute atomic E-state index is 0.00777. The Balaban J connectivity index is 1.62. The van der Waals surface area contributed by atoms with Crippen molar-refractivity contribution in [1.29, 1.82) is 0 Å². The number of rotatable bonds is 9. The Morgan fingerprint density at radius 1 is 1.09 bits per heavy atom. The second kappa shape index (κ2) is 10.4. The number of nitro benzene ring substituents is 1. The number of sulfonamides is 1. The molecule has 0 saturated carbocycles. The Morgan fingerprint density at radius 3 is 2.48 bits per heavy atom. The summed E-state index contributed by atoms with van der Waals surface area (Å²) < 4.78 is 33.4. The smallest absolute Gasteiger partial charge is 0.271 e. The maximum atomic E-state index is 12.7. The molecule has 3 aromatic rings. The molecule has 0 heterocycles. The number of amides is 1. The van der Waals surface area contributed by atoms with E-state index in [1.54, 1.807) is 6.92 Å². The number of hydrogen-bond donors (Lipinski definition) is 2. The Morgan fingerprint density at radius 2 is 1.82 bits per heavy atom. The van der Waals surface area contributed by atoms with Crippen LogP contribution >= 0.6 is 11.6 Å². The van der Waals surface area contributed by atoms with E-state index in [0.29, 0.717) is 0 Å². The first-order valence-corrected chi connectivity index (χ1v) is 11.6. The number of hydrogen-bond acceptors (Lipinski definition) is 6. The van der Waals surface area contributed by atoms with E-state index in [4.69, 9.17) is 16.3 Å². The third-order valence-corrected chi connectivity index (χ3v) is 6.38. The van der Waals surface area contributed by atoms with Crippen molar-refractivity contribution >= 4 is 38.9 Å². The second-order valence-corrected chi connectivity index (χ2v) is 9.11. The number of ether oxygens (including phenoxy) is 1. The fraction of sp³-hybridized carbons (Fsp3) is 0.136. The Kier molecular flexibility index (Phi) is 7.64. The molecule has 0 aliphatic heterocycles. The predicted molar refractivity (Wildman–Crippen MR) is 124 cm³/mol. The maximum absolute atomic E-state index is 12.7. The van der Waals surface area contributed by atoms with Gasteiger partial charge in [-0.05, 0) is 36.8 Å². The van der Waals surface area contributed by atoms with Crippen molar-refractivity contribution in [2.45, 2.75) is 17.9 Å². The summed E-state index contributed by atoms with van der Waals surface area (Å²) in [6.45, 7) is 1.30. The number of carbonyl (C=O) groups excluding carboxylic acids is 1. The van der Waals surface area contributed by atoms with Crippen molar-refractivity contribution < 1.29 is 22.9 Å². The van der Waals surface area contributed by atoms with E-state index in [9.17, 15) is 23.3 Å². The third-order valence-electron chi connectivity index (χ3n) is 4.54. The van der Waals surface area contributed by atoms with Gasteiger partial charge in [-0.2, -0.15) is 0 Å². The fourth-order valence-corrected chi connectivity index (χ4v) is 4.47. The highest BCUT2D eigenvalue weighted by molar-refractivity contribution is 7.89. The van der Waals surface area contributed by atoms with Gasteiger partial charge in [0.25, 0.3) is 11.6 Å². The summed E-state index contributed by atoms with van der Waals surface area (Å²) in [5.41, 5.74) is 0.884. The van der Waals surface area contributed by atoms with E-state index in [2.05, 4.69) is 10.0 Å². The number of nitro groups is 1. The summed E-state index contributed by atoms with van der Waals surface area (Å²) in [5, 5.41) is 13.3. The van der Waals surface area contributed by atoms with Crippen LogP contribution in [-0.4, -0.2) is 25.9 Å². The molecule has 0 fully saturated rings. The highest BCUT2D eigenvalue weighted by Crippen LogP contribution is 2.28. The molecule has 172 valence electrons. The van der Waals surface area contributed by atoms with Gasteiger partial charge in [0, 0.05) is 23.9 Å². The molecule has 3 rings (SSSR count). The zero-order valence-electron chi connectivity index (χ0n) is 17.4. The molecule has 0 bridgehead atoms. The normalized spacial score (nSPS) is 12.1. The van der Waals surface area contributed by atoms with Gasteiger partial charge in [-0.25, -0.2) is 13.1 Å². The molecule has 0 spiro atoms. The fourth-order valence-electron chi connectivity index (χ4n) is 2.91. The minimum atomic E-state index is -3.85. The van der Waals surface area contributed by atoms with Crippen LogP contribution in [-0.2, 0) is 14.8 Å². The molecule has 0 aliphatic rings. The minimum Gasteiger partial charge on any atom is -0.482 e. The average molecular weight is 490 g/mol. The number of benzene rings is 3. The van der Waals surface area contributed by atoms with Crippen LogP contribution in [0.25, 0.3) is 0 Å². The molecule has 0 saturated heterocycles. The van der Waals surface area contributed by atoms with E-state index < -0.39 is 33.5 Å². The van der Waals surface area contributed by atoms with Gasteiger partial charge in [0.1, 0.15) is 5.75 Å². The van der Waals surface area contributed by atoms with Crippen LogP contribution in [0.3, 0.4) is 0 Å². The molecule has 11 heteroatoms. The summed E-state index contributed by atoms with van der Waals surface area (Å²) in [6, 6.07) is 18.0. The van der Waals surface area contributed by atoms with Crippen LogP contribution in [0.2, 0.25) is 5.02 Å². The van der Waals surface area contributed by atoms with Crippen LogP contribution in [0.1, 0.15) is 18.5 Å². The lowest BCUT2D eigenvalue weighted by atomic mass is 10.1. The third kappa shape index (κ3) is 6.51. The quantitative estimate of drug-likeness (QED) is 0.340.